The predicted octanol–water partition coefficient (Wildman–Crippen LogP) is 2.79. The van der Waals surface area contributed by atoms with E-state index in [9.17, 15) is 58.2 Å². The van der Waals surface area contributed by atoms with Gasteiger partial charge in [-0.15, -0.1) is 11.8 Å². The first-order chi connectivity index (χ1) is 70.3. The molecule has 0 bridgehead atoms. The molecule has 43 heteroatoms. The lowest BCUT2D eigenvalue weighted by atomic mass is 9.85. The fraction of sp³-hybridized carbons (Fsp3) is 0.419. The van der Waals surface area contributed by atoms with Crippen LogP contribution >= 0.6 is 11.8 Å². The molecule has 0 aliphatic carbocycles. The van der Waals surface area contributed by atoms with Gasteiger partial charge in [-0.2, -0.15) is 0 Å². The molecule has 0 saturated carbocycles. The Labute approximate surface area is 861 Å². The molecule has 2 saturated heterocycles. The number of hydrogen-bond acceptors (Lipinski definition) is 22. The summed E-state index contributed by atoms with van der Waals surface area (Å²) in [7, 11) is 1.22. The first kappa shape index (κ1) is 116. The number of primary amides is 2. The lowest BCUT2D eigenvalue weighted by Crippen LogP contribution is -2.62. The van der Waals surface area contributed by atoms with E-state index in [0.717, 1.165) is 27.8 Å². The van der Waals surface area contributed by atoms with Crippen LogP contribution in [0.3, 0.4) is 0 Å². The van der Waals surface area contributed by atoms with Crippen molar-refractivity contribution in [3.05, 3.63) is 215 Å². The summed E-state index contributed by atoms with van der Waals surface area (Å²) in [5, 5.41) is 65.3. The Morgan fingerprint density at radius 2 is 1.03 bits per heavy atom. The van der Waals surface area contributed by atoms with Crippen LogP contribution in [0.15, 0.2) is 176 Å². The third kappa shape index (κ3) is 35.2. The van der Waals surface area contributed by atoms with E-state index in [1.54, 1.807) is 153 Å². The molecule has 790 valence electrons. The molecule has 2 aliphatic heterocycles. The molecule has 1 aromatic heterocycles. The summed E-state index contributed by atoms with van der Waals surface area (Å²) >= 11 is 0.792. The van der Waals surface area contributed by atoms with E-state index in [4.69, 9.17) is 22.6 Å². The van der Waals surface area contributed by atoms with E-state index >= 15 is 43.2 Å². The molecular formula is C105H133N21O21S. The highest BCUT2D eigenvalue weighted by atomic mass is 32.2. The molecule has 148 heavy (non-hydrogen) atoms. The van der Waals surface area contributed by atoms with Crippen molar-refractivity contribution in [1.29, 1.82) is 5.41 Å². The van der Waals surface area contributed by atoms with Gasteiger partial charge in [0.25, 0.3) is 5.91 Å². The van der Waals surface area contributed by atoms with Gasteiger partial charge in [-0.1, -0.05) is 190 Å². The Balaban J connectivity index is 1.12. The molecule has 42 nitrogen and oxygen atoms in total. The summed E-state index contributed by atoms with van der Waals surface area (Å²) < 4.78 is 0. The van der Waals surface area contributed by atoms with Crippen LogP contribution in [0.2, 0.25) is 0 Å². The number of thioether (sulfide) groups is 1. The second-order valence-electron chi connectivity index (χ2n) is 38.3. The molecular weight excluding hydrogens is 1920 g/mol. The average Bonchev–Trinajstić information content (AvgIpc) is 1.48. The standard InChI is InChI=1S/C105H133N21O21S/c1-11-59(5)86-99(142)118-76(50-63-22-18-25-68(47-63)89(107)132)94(137)116-74(46-58(3)4)93(136)121-80(91(134)112-54-82(106)127)56-148-57-84(129)122-88(105(7,8)9)100(143)119-75(48-61-31-35-65(36-32-61)64-23-14-13-15-24-64)95(138)120-79(49-62-33-37-66(38-34-62)67-39-41-71(42-40-67)113-90(133)69-26-19-27-70(51-69)103(146)147)101(144)125(10)55-83(128)114-77(52-72-28-16-17-43-110-72)96(139)117-78(53-85(130)131)97(140)115-73(29-20-44-111-104(108)109)92(135)124-87(60(6)12-2)102(145)126-45-21-30-81(126)98(141)123-86/h13-19,22-28,31-43,47,51,58-60,73-81,86-88H,11-12,20-21,29-30,44-46,48-50,52-57H2,1-10H3,(H2,106,127)(H2,107,132)(H,112,134)(H,113,133)(H,114,128)(H,115,140)(H,116,137)(H,117,139)(H,118,142)(H,119,143)(H,120,138)(H,121,136)(H,122,129)(H,123,141)(H,124,135)(H,130,131)(H,146,147)(H4,108,109,111)/t59-,60-,73+,74-,75-,76-,77-,78-,79-,80-,81-,86-,87-,88+/m0/s1. The van der Waals surface area contributed by atoms with Gasteiger partial charge in [-0.05, 0) is 149 Å². The molecule has 17 amide bonds. The number of pyridine rings is 1. The van der Waals surface area contributed by atoms with Crippen LogP contribution in [0.25, 0.3) is 22.3 Å². The van der Waals surface area contributed by atoms with Gasteiger partial charge in [-0.3, -0.25) is 96.7 Å². The monoisotopic (exact) mass is 2060 g/mol. The molecule has 0 unspecified atom stereocenters. The number of likely N-dealkylation sites (N-methyl/N-ethyl adjacent to an activating group) is 1. The van der Waals surface area contributed by atoms with Crippen molar-refractivity contribution >= 4 is 136 Å². The molecule has 14 atom stereocenters. The van der Waals surface area contributed by atoms with E-state index in [-0.39, 0.29) is 105 Å². The van der Waals surface area contributed by atoms with Crippen LogP contribution in [-0.4, -0.2) is 261 Å². The lowest BCUT2D eigenvalue weighted by Gasteiger charge is -2.34. The number of aliphatic carboxylic acids is 1. The minimum atomic E-state index is -2.05. The number of aromatic nitrogens is 1. The van der Waals surface area contributed by atoms with Crippen LogP contribution < -0.4 is 91.6 Å². The van der Waals surface area contributed by atoms with Crippen LogP contribution in [-0.2, 0) is 102 Å². The van der Waals surface area contributed by atoms with Gasteiger partial charge in [0.1, 0.15) is 72.5 Å². The molecule has 3 heterocycles. The molecule has 0 spiro atoms. The average molecular weight is 2060 g/mol. The number of rotatable bonds is 29. The van der Waals surface area contributed by atoms with Gasteiger partial charge in [-0.25, -0.2) is 4.79 Å². The van der Waals surface area contributed by atoms with Crippen LogP contribution in [0, 0.1) is 28.6 Å². The zero-order valence-corrected chi connectivity index (χ0v) is 85.1. The summed E-state index contributed by atoms with van der Waals surface area (Å²) in [6.07, 6.45) is -0.901. The highest BCUT2D eigenvalue weighted by molar-refractivity contribution is 8.00. The number of carboxylic acid groups (broad SMARTS) is 2. The maximum atomic E-state index is 15.8. The van der Waals surface area contributed by atoms with Crippen LogP contribution in [0.5, 0.6) is 0 Å². The van der Waals surface area contributed by atoms with E-state index in [0.29, 0.717) is 27.9 Å². The second kappa shape index (κ2) is 55.4. The van der Waals surface area contributed by atoms with Gasteiger partial charge in [0, 0.05) is 80.3 Å². The van der Waals surface area contributed by atoms with Crippen molar-refractivity contribution < 1.29 is 101 Å². The minimum Gasteiger partial charge on any atom is -0.481 e. The maximum Gasteiger partial charge on any atom is 0.335 e. The zero-order valence-electron chi connectivity index (χ0n) is 84.3. The van der Waals surface area contributed by atoms with Crippen LogP contribution in [0.4, 0.5) is 5.69 Å². The summed E-state index contributed by atoms with van der Waals surface area (Å²) in [4.78, 5) is 281. The van der Waals surface area contributed by atoms with Gasteiger partial charge in [0.2, 0.25) is 94.5 Å². The summed E-state index contributed by atoms with van der Waals surface area (Å²) in [6.45, 7) is 13.3. The number of benzene rings is 6. The van der Waals surface area contributed by atoms with E-state index in [1.165, 1.54) is 66.7 Å². The number of carboxylic acids is 2. The largest absolute Gasteiger partial charge is 0.481 e. The highest BCUT2D eigenvalue weighted by Gasteiger charge is 2.45. The van der Waals surface area contributed by atoms with Gasteiger partial charge >= 0.3 is 11.9 Å². The third-order valence-corrected chi connectivity index (χ3v) is 26.3. The topological polar surface area (TPSA) is 654 Å². The Morgan fingerprint density at radius 1 is 0.507 bits per heavy atom. The first-order valence-electron chi connectivity index (χ1n) is 48.8. The van der Waals surface area contributed by atoms with Crippen molar-refractivity contribution in [3.63, 3.8) is 0 Å². The first-order valence-corrected chi connectivity index (χ1v) is 50.0. The Kier molecular flexibility index (Phi) is 43.2. The molecule has 0 radical (unpaired) electrons. The number of nitrogens with zero attached hydrogens (tertiary/aromatic N) is 3. The number of carbonyl (C=O) groups is 19. The molecule has 23 N–H and O–H groups in total. The lowest BCUT2D eigenvalue weighted by molar-refractivity contribution is -0.144. The Hall–Kier alpha value is -16.0. The quantitative estimate of drug-likeness (QED) is 0.0182. The summed E-state index contributed by atoms with van der Waals surface area (Å²) in [5.74, 6) is -22.0. The molecule has 6 aromatic carbocycles. The van der Waals surface area contributed by atoms with E-state index in [2.05, 4.69) is 79.4 Å². The number of hydrogen-bond donors (Lipinski definition) is 20. The number of aromatic carboxylic acids is 1. The Morgan fingerprint density at radius 3 is 1.61 bits per heavy atom. The number of amides is 17. The fourth-order valence-corrected chi connectivity index (χ4v) is 17.6. The SMILES string of the molecule is CC[C@H](C)[C@@H]1NC(=O)[C@@H]2CCCN2C(=O)[C@H]([C@@H](C)CC)NC(=O)[C@@H](CCCNC(=N)N)NC(=O)[C@H](CC(=O)O)NC(=O)[C@H](Cc2ccccn2)NC(=O)CN(C)C(=O)[C@H](Cc2ccc(-c3ccc(NC(=O)c4cccc(C(=O)O)c4)cc3)cc2)NC(=O)[C@H](Cc2ccc(-c3ccccc3)cc2)NC(=O)[C@H](C(C)(C)C)NC(=O)CSC[C@@H](C(=O)NCC(N)=O)NC(=O)[C@H](CC(C)C)NC(=O)[C@H](Cc2cccc(C(N)=O)c2)NC1=O. The van der Waals surface area contributed by atoms with E-state index in [1.807, 2.05) is 30.3 Å². The normalized spacial score (nSPS) is 21.6. The zero-order chi connectivity index (χ0) is 108. The highest BCUT2D eigenvalue weighted by Crippen LogP contribution is 2.29. The predicted molar refractivity (Wildman–Crippen MR) is 551 cm³/mol. The number of nitrogens with one attached hydrogen (secondary N) is 15. The molecule has 2 aliphatic rings. The number of nitrogens with two attached hydrogens (primary N) is 3. The fourth-order valence-electron chi connectivity index (χ4n) is 16.7. The van der Waals surface area contributed by atoms with Crippen molar-refractivity contribution in [3.8, 4) is 22.3 Å². The number of anilines is 1. The third-order valence-electron chi connectivity index (χ3n) is 25.2. The number of carbonyl (C=O) groups excluding carboxylic acids is 17. The van der Waals surface area contributed by atoms with Crippen molar-refractivity contribution in [1.82, 2.24) is 83.9 Å². The number of fused-ring (bicyclic) bond motifs is 1. The van der Waals surface area contributed by atoms with Gasteiger partial charge < -0.3 is 112 Å². The Bertz CT molecular complexity index is 5940. The summed E-state index contributed by atoms with van der Waals surface area (Å²) in [6, 6.07) is 26.5. The summed E-state index contributed by atoms with van der Waals surface area (Å²) in [5.41, 5.74) is 20.3. The van der Waals surface area contributed by atoms with Gasteiger partial charge in [0.05, 0.1) is 30.8 Å². The van der Waals surface area contributed by atoms with Crippen molar-refractivity contribution in [2.24, 2.45) is 40.4 Å². The molecule has 2 fully saturated rings. The smallest absolute Gasteiger partial charge is 0.335 e. The van der Waals surface area contributed by atoms with Crippen molar-refractivity contribution in [2.75, 3.05) is 50.0 Å². The molecule has 7 aromatic rings. The van der Waals surface area contributed by atoms with Gasteiger partial charge in [0.15, 0.2) is 5.96 Å². The second-order valence-corrected chi connectivity index (χ2v) is 39.4. The number of guanidine groups is 1. The van der Waals surface area contributed by atoms with Crippen LogP contribution in [0.1, 0.15) is 167 Å². The molecule has 9 rings (SSSR count). The minimum absolute atomic E-state index is 0.0204. The maximum absolute atomic E-state index is 15.8. The van der Waals surface area contributed by atoms with E-state index < -0.39 is 251 Å². The van der Waals surface area contributed by atoms with Crippen molar-refractivity contribution in [2.45, 2.75) is 212 Å².